The van der Waals surface area contributed by atoms with Gasteiger partial charge in [-0.2, -0.15) is 0 Å². The predicted octanol–water partition coefficient (Wildman–Crippen LogP) is 1.02. The van der Waals surface area contributed by atoms with E-state index in [0.717, 1.165) is 39.3 Å². The minimum absolute atomic E-state index is 0.334. The fourth-order valence-corrected chi connectivity index (χ4v) is 2.90. The van der Waals surface area contributed by atoms with Crippen LogP contribution in [0.25, 0.3) is 0 Å². The number of rotatable bonds is 3. The number of piperazine rings is 1. The molecule has 0 aromatic carbocycles. The highest BCUT2D eigenvalue weighted by Crippen LogP contribution is 2.10. The molecule has 0 aliphatic carbocycles. The molecule has 2 heterocycles. The third-order valence-electron chi connectivity index (χ3n) is 4.20. The van der Waals surface area contributed by atoms with E-state index < -0.39 is 0 Å². The van der Waals surface area contributed by atoms with Crippen LogP contribution in [0.15, 0.2) is 0 Å². The molecular weight excluding hydrogens is 226 g/mol. The van der Waals surface area contributed by atoms with Crippen LogP contribution in [-0.4, -0.2) is 72.5 Å². The fraction of sp³-hybridized carbons (Fsp3) is 0.929. The van der Waals surface area contributed by atoms with Gasteiger partial charge < -0.3 is 4.90 Å². The second-order valence-corrected chi connectivity index (χ2v) is 5.85. The molecule has 2 rings (SSSR count). The maximum atomic E-state index is 12.2. The normalized spacial score (nSPS) is 23.6. The molecule has 18 heavy (non-hydrogen) atoms. The van der Waals surface area contributed by atoms with Crippen molar-refractivity contribution in [3.63, 3.8) is 0 Å². The highest BCUT2D eigenvalue weighted by atomic mass is 16.2. The van der Waals surface area contributed by atoms with Gasteiger partial charge in [-0.3, -0.25) is 14.6 Å². The number of nitrogens with zero attached hydrogens (tertiary/aromatic N) is 3. The maximum Gasteiger partial charge on any atom is 0.236 e. The maximum absolute atomic E-state index is 12.2. The molecule has 0 radical (unpaired) electrons. The first-order valence-electron chi connectivity index (χ1n) is 7.41. The van der Waals surface area contributed by atoms with Crippen LogP contribution in [0.2, 0.25) is 0 Å². The summed E-state index contributed by atoms with van der Waals surface area (Å²) in [5.74, 6) is 0.334. The molecule has 4 heteroatoms. The second-order valence-electron chi connectivity index (χ2n) is 5.85. The SMILES string of the molecule is CC(C)N1CCN(C(=O)CN2CCCCC2)CC1. The third-order valence-corrected chi connectivity index (χ3v) is 4.20. The van der Waals surface area contributed by atoms with Crippen molar-refractivity contribution >= 4 is 5.91 Å². The molecule has 0 aromatic heterocycles. The summed E-state index contributed by atoms with van der Waals surface area (Å²) in [6, 6.07) is 0.601. The molecule has 2 saturated heterocycles. The summed E-state index contributed by atoms with van der Waals surface area (Å²) < 4.78 is 0. The van der Waals surface area contributed by atoms with Gasteiger partial charge in [0.05, 0.1) is 6.54 Å². The molecule has 104 valence electrons. The number of carbonyl (C=O) groups is 1. The van der Waals surface area contributed by atoms with Crippen molar-refractivity contribution in [1.29, 1.82) is 0 Å². The number of hydrogen-bond donors (Lipinski definition) is 0. The van der Waals surface area contributed by atoms with Crippen molar-refractivity contribution in [2.75, 3.05) is 45.8 Å². The number of likely N-dealkylation sites (tertiary alicyclic amines) is 1. The van der Waals surface area contributed by atoms with Gasteiger partial charge in [0.2, 0.25) is 5.91 Å². The first-order valence-corrected chi connectivity index (χ1v) is 7.41. The number of hydrogen-bond acceptors (Lipinski definition) is 3. The van der Waals surface area contributed by atoms with Crippen molar-refractivity contribution in [2.24, 2.45) is 0 Å². The average molecular weight is 253 g/mol. The van der Waals surface area contributed by atoms with Crippen LogP contribution in [0, 0.1) is 0 Å². The third kappa shape index (κ3) is 3.69. The summed E-state index contributed by atoms with van der Waals surface area (Å²) in [6.45, 7) is 11.2. The highest BCUT2D eigenvalue weighted by Gasteiger charge is 2.24. The highest BCUT2D eigenvalue weighted by molar-refractivity contribution is 5.78. The molecule has 0 unspecified atom stereocenters. The zero-order valence-electron chi connectivity index (χ0n) is 11.9. The van der Waals surface area contributed by atoms with Crippen LogP contribution < -0.4 is 0 Å². The minimum atomic E-state index is 0.334. The monoisotopic (exact) mass is 253 g/mol. The van der Waals surface area contributed by atoms with Gasteiger partial charge in [-0.15, -0.1) is 0 Å². The van der Waals surface area contributed by atoms with E-state index in [9.17, 15) is 4.79 Å². The van der Waals surface area contributed by atoms with Gasteiger partial charge in [0.15, 0.2) is 0 Å². The molecule has 2 aliphatic rings. The standard InChI is InChI=1S/C14H27N3O/c1-13(2)16-8-10-17(11-9-16)14(18)12-15-6-4-3-5-7-15/h13H,3-12H2,1-2H3. The predicted molar refractivity (Wildman–Crippen MR) is 73.6 cm³/mol. The Kier molecular flexibility index (Phi) is 5.01. The van der Waals surface area contributed by atoms with Crippen molar-refractivity contribution in [2.45, 2.75) is 39.2 Å². The molecule has 0 bridgehead atoms. The lowest BCUT2D eigenvalue weighted by atomic mass is 10.1. The van der Waals surface area contributed by atoms with Crippen molar-refractivity contribution < 1.29 is 4.79 Å². The number of piperidine rings is 1. The second kappa shape index (κ2) is 6.53. The zero-order chi connectivity index (χ0) is 13.0. The molecule has 1 amide bonds. The van der Waals surface area contributed by atoms with E-state index in [1.807, 2.05) is 4.90 Å². The van der Waals surface area contributed by atoms with Crippen LogP contribution in [0.1, 0.15) is 33.1 Å². The van der Waals surface area contributed by atoms with E-state index in [2.05, 4.69) is 23.6 Å². The van der Waals surface area contributed by atoms with E-state index in [1.165, 1.54) is 19.3 Å². The topological polar surface area (TPSA) is 26.8 Å². The molecule has 0 spiro atoms. The molecule has 0 N–H and O–H groups in total. The van der Waals surface area contributed by atoms with Crippen LogP contribution in [0.4, 0.5) is 0 Å². The van der Waals surface area contributed by atoms with Gasteiger partial charge in [0.1, 0.15) is 0 Å². The van der Waals surface area contributed by atoms with Crippen molar-refractivity contribution in [3.05, 3.63) is 0 Å². The molecule has 0 aromatic rings. The van der Waals surface area contributed by atoms with Gasteiger partial charge in [0, 0.05) is 32.2 Å². The summed E-state index contributed by atoms with van der Waals surface area (Å²) in [5, 5.41) is 0. The Morgan fingerprint density at radius 1 is 0.944 bits per heavy atom. The first-order chi connectivity index (χ1) is 8.66. The van der Waals surface area contributed by atoms with Crippen LogP contribution in [0.5, 0.6) is 0 Å². The molecular formula is C14H27N3O. The molecule has 2 fully saturated rings. The van der Waals surface area contributed by atoms with Crippen molar-refractivity contribution in [3.8, 4) is 0 Å². The summed E-state index contributed by atoms with van der Waals surface area (Å²) >= 11 is 0. The quantitative estimate of drug-likeness (QED) is 0.751. The Labute approximate surface area is 111 Å². The summed E-state index contributed by atoms with van der Waals surface area (Å²) in [7, 11) is 0. The summed E-state index contributed by atoms with van der Waals surface area (Å²) in [4.78, 5) is 19.0. The van der Waals surface area contributed by atoms with E-state index in [1.54, 1.807) is 0 Å². The van der Waals surface area contributed by atoms with Gasteiger partial charge in [-0.05, 0) is 39.8 Å². The summed E-state index contributed by atoms with van der Waals surface area (Å²) in [6.07, 6.45) is 3.85. The first kappa shape index (κ1) is 13.8. The largest absolute Gasteiger partial charge is 0.339 e. The van der Waals surface area contributed by atoms with Gasteiger partial charge in [-0.25, -0.2) is 0 Å². The smallest absolute Gasteiger partial charge is 0.236 e. The number of amides is 1. The van der Waals surface area contributed by atoms with E-state index in [-0.39, 0.29) is 0 Å². The molecule has 4 nitrogen and oxygen atoms in total. The van der Waals surface area contributed by atoms with E-state index in [0.29, 0.717) is 18.5 Å². The van der Waals surface area contributed by atoms with E-state index in [4.69, 9.17) is 0 Å². The number of carbonyl (C=O) groups excluding carboxylic acids is 1. The fourth-order valence-electron chi connectivity index (χ4n) is 2.90. The molecule has 0 atom stereocenters. The van der Waals surface area contributed by atoms with E-state index >= 15 is 0 Å². The Morgan fingerprint density at radius 3 is 2.11 bits per heavy atom. The zero-order valence-corrected chi connectivity index (χ0v) is 11.9. The van der Waals surface area contributed by atoms with Crippen LogP contribution in [0.3, 0.4) is 0 Å². The average Bonchev–Trinajstić information content (AvgIpc) is 2.40. The summed E-state index contributed by atoms with van der Waals surface area (Å²) in [5.41, 5.74) is 0. The minimum Gasteiger partial charge on any atom is -0.339 e. The lowest BCUT2D eigenvalue weighted by Crippen LogP contribution is -2.53. The Bertz CT molecular complexity index is 266. The molecule has 0 saturated carbocycles. The van der Waals surface area contributed by atoms with Crippen LogP contribution >= 0.6 is 0 Å². The Balaban J connectivity index is 1.73. The lowest BCUT2D eigenvalue weighted by molar-refractivity contribution is -0.134. The van der Waals surface area contributed by atoms with Gasteiger partial charge in [0.25, 0.3) is 0 Å². The Morgan fingerprint density at radius 2 is 1.56 bits per heavy atom. The van der Waals surface area contributed by atoms with Gasteiger partial charge in [-0.1, -0.05) is 6.42 Å². The van der Waals surface area contributed by atoms with Gasteiger partial charge >= 0.3 is 0 Å². The lowest BCUT2D eigenvalue weighted by Gasteiger charge is -2.38. The van der Waals surface area contributed by atoms with Crippen molar-refractivity contribution in [1.82, 2.24) is 14.7 Å². The Hall–Kier alpha value is -0.610. The van der Waals surface area contributed by atoms with Crippen LogP contribution in [-0.2, 0) is 4.79 Å². The molecule has 2 aliphatic heterocycles.